The Morgan fingerprint density at radius 1 is 1.11 bits per heavy atom. The lowest BCUT2D eigenvalue weighted by Crippen LogP contribution is -2.23. The summed E-state index contributed by atoms with van der Waals surface area (Å²) in [5.41, 5.74) is 7.46. The van der Waals surface area contributed by atoms with Gasteiger partial charge in [-0.05, 0) is 53.1 Å². The molecular formula is C13H16N2O2S2. The van der Waals surface area contributed by atoms with E-state index in [4.69, 9.17) is 5.73 Å². The zero-order valence-corrected chi connectivity index (χ0v) is 12.0. The van der Waals surface area contributed by atoms with Crippen molar-refractivity contribution in [3.63, 3.8) is 0 Å². The van der Waals surface area contributed by atoms with Crippen LogP contribution >= 0.6 is 11.3 Å². The topological polar surface area (TPSA) is 72.2 Å². The molecule has 0 aliphatic carbocycles. The highest BCUT2D eigenvalue weighted by atomic mass is 32.2. The van der Waals surface area contributed by atoms with Crippen LogP contribution in [0.25, 0.3) is 0 Å². The fraction of sp³-hybridized carbons (Fsp3) is 0.231. The molecule has 3 N–H and O–H groups in total. The first kappa shape index (κ1) is 14.2. The first-order valence-electron chi connectivity index (χ1n) is 5.91. The van der Waals surface area contributed by atoms with Crippen LogP contribution in [0.15, 0.2) is 46.0 Å². The van der Waals surface area contributed by atoms with Gasteiger partial charge in [0.15, 0.2) is 0 Å². The quantitative estimate of drug-likeness (QED) is 0.852. The first-order valence-corrected chi connectivity index (χ1v) is 8.34. The third kappa shape index (κ3) is 3.87. The molecular weight excluding hydrogens is 280 g/mol. The zero-order chi connectivity index (χ0) is 13.7. The van der Waals surface area contributed by atoms with E-state index in [0.29, 0.717) is 13.1 Å². The molecule has 0 atom stereocenters. The van der Waals surface area contributed by atoms with Crippen LogP contribution in [0.5, 0.6) is 0 Å². The molecule has 0 radical (unpaired) electrons. The molecule has 2 rings (SSSR count). The van der Waals surface area contributed by atoms with Crippen LogP contribution < -0.4 is 10.5 Å². The van der Waals surface area contributed by atoms with Crippen LogP contribution in [0.4, 0.5) is 0 Å². The average Bonchev–Trinajstić information content (AvgIpc) is 2.91. The van der Waals surface area contributed by atoms with E-state index < -0.39 is 10.0 Å². The number of nitrogens with two attached hydrogens (primary N) is 1. The third-order valence-electron chi connectivity index (χ3n) is 2.71. The van der Waals surface area contributed by atoms with Crippen molar-refractivity contribution in [1.29, 1.82) is 0 Å². The molecule has 102 valence electrons. The lowest BCUT2D eigenvalue weighted by atomic mass is 10.2. The second-order valence-electron chi connectivity index (χ2n) is 4.14. The van der Waals surface area contributed by atoms with Gasteiger partial charge in [-0.15, -0.1) is 0 Å². The van der Waals surface area contributed by atoms with Crippen molar-refractivity contribution in [1.82, 2.24) is 4.72 Å². The Labute approximate surface area is 117 Å². The number of nitrogens with one attached hydrogen (secondary N) is 1. The maximum absolute atomic E-state index is 12.1. The molecule has 2 aromatic rings. The molecule has 0 unspecified atom stereocenters. The fourth-order valence-electron chi connectivity index (χ4n) is 1.66. The minimum absolute atomic E-state index is 0.281. The smallest absolute Gasteiger partial charge is 0.240 e. The van der Waals surface area contributed by atoms with Gasteiger partial charge in [0.05, 0.1) is 4.90 Å². The molecule has 19 heavy (non-hydrogen) atoms. The molecule has 0 spiro atoms. The maximum atomic E-state index is 12.1. The van der Waals surface area contributed by atoms with E-state index in [1.54, 1.807) is 35.6 Å². The van der Waals surface area contributed by atoms with Crippen LogP contribution in [-0.4, -0.2) is 15.0 Å². The highest BCUT2D eigenvalue weighted by molar-refractivity contribution is 7.89. The fourth-order valence-corrected chi connectivity index (χ4v) is 3.34. The number of rotatable bonds is 6. The van der Waals surface area contributed by atoms with Gasteiger partial charge in [-0.2, -0.15) is 11.3 Å². The Kier molecular flexibility index (Phi) is 4.71. The zero-order valence-electron chi connectivity index (χ0n) is 10.4. The predicted molar refractivity (Wildman–Crippen MR) is 77.5 cm³/mol. The van der Waals surface area contributed by atoms with Gasteiger partial charge in [0.25, 0.3) is 0 Å². The van der Waals surface area contributed by atoms with E-state index in [1.807, 2.05) is 16.8 Å². The Balaban J connectivity index is 2.06. The van der Waals surface area contributed by atoms with Crippen LogP contribution in [0.2, 0.25) is 0 Å². The second kappa shape index (κ2) is 6.29. The van der Waals surface area contributed by atoms with Gasteiger partial charge in [-0.25, -0.2) is 13.1 Å². The summed E-state index contributed by atoms with van der Waals surface area (Å²) in [5.74, 6) is 0. The molecule has 4 nitrogen and oxygen atoms in total. The summed E-state index contributed by atoms with van der Waals surface area (Å²) in [6.07, 6.45) is 0.753. The summed E-state index contributed by atoms with van der Waals surface area (Å²) < 4.78 is 26.7. The van der Waals surface area contributed by atoms with Crippen molar-refractivity contribution in [2.75, 3.05) is 6.54 Å². The molecule has 0 saturated heterocycles. The van der Waals surface area contributed by atoms with Gasteiger partial charge in [0.2, 0.25) is 10.0 Å². The van der Waals surface area contributed by atoms with E-state index in [0.717, 1.165) is 17.5 Å². The predicted octanol–water partition coefficient (Wildman–Crippen LogP) is 1.73. The monoisotopic (exact) mass is 296 g/mol. The van der Waals surface area contributed by atoms with Gasteiger partial charge in [-0.1, -0.05) is 12.1 Å². The molecule has 0 bridgehead atoms. The lowest BCUT2D eigenvalue weighted by molar-refractivity contribution is 0.581. The Bertz CT molecular complexity index is 605. The largest absolute Gasteiger partial charge is 0.330 e. The minimum atomic E-state index is -3.44. The Morgan fingerprint density at radius 2 is 1.84 bits per heavy atom. The van der Waals surface area contributed by atoms with E-state index in [-0.39, 0.29) is 4.90 Å². The summed E-state index contributed by atoms with van der Waals surface area (Å²) in [5, 5.41) is 3.85. The van der Waals surface area contributed by atoms with Crippen molar-refractivity contribution in [2.24, 2.45) is 5.73 Å². The third-order valence-corrected chi connectivity index (χ3v) is 4.86. The first-order chi connectivity index (χ1) is 9.12. The van der Waals surface area contributed by atoms with Crippen LogP contribution in [0.1, 0.15) is 11.1 Å². The number of thiophene rings is 1. The molecule has 6 heteroatoms. The van der Waals surface area contributed by atoms with Crippen molar-refractivity contribution >= 4 is 21.4 Å². The number of sulfonamides is 1. The standard InChI is InChI=1S/C13H16N2O2S2/c14-7-5-11-1-3-13(4-2-11)19(16,17)15-9-12-6-8-18-10-12/h1-4,6,8,10,15H,5,7,9,14H2. The molecule has 0 saturated carbocycles. The summed E-state index contributed by atoms with van der Waals surface area (Å²) in [6.45, 7) is 0.874. The van der Waals surface area contributed by atoms with Crippen LogP contribution in [0.3, 0.4) is 0 Å². The van der Waals surface area contributed by atoms with E-state index in [9.17, 15) is 8.42 Å². The van der Waals surface area contributed by atoms with Crippen molar-refractivity contribution in [3.8, 4) is 0 Å². The van der Waals surface area contributed by atoms with E-state index in [1.165, 1.54) is 0 Å². The molecule has 1 aromatic carbocycles. The van der Waals surface area contributed by atoms with Crippen molar-refractivity contribution < 1.29 is 8.42 Å². The molecule has 0 fully saturated rings. The van der Waals surface area contributed by atoms with Crippen LogP contribution in [0, 0.1) is 0 Å². The summed E-state index contributed by atoms with van der Waals surface area (Å²) in [7, 11) is -3.44. The second-order valence-corrected chi connectivity index (χ2v) is 6.69. The van der Waals surface area contributed by atoms with Gasteiger partial charge < -0.3 is 5.73 Å². The molecule has 0 aliphatic heterocycles. The Morgan fingerprint density at radius 3 is 2.42 bits per heavy atom. The van der Waals surface area contributed by atoms with Gasteiger partial charge in [0, 0.05) is 6.54 Å². The molecule has 1 aromatic heterocycles. The maximum Gasteiger partial charge on any atom is 0.240 e. The molecule has 1 heterocycles. The van der Waals surface area contributed by atoms with E-state index >= 15 is 0 Å². The summed E-state index contributed by atoms with van der Waals surface area (Å²) >= 11 is 1.55. The summed E-state index contributed by atoms with van der Waals surface area (Å²) in [6, 6.07) is 8.72. The SMILES string of the molecule is NCCc1ccc(S(=O)(=O)NCc2ccsc2)cc1. The number of benzene rings is 1. The number of hydrogen-bond acceptors (Lipinski definition) is 4. The highest BCUT2D eigenvalue weighted by Crippen LogP contribution is 2.12. The van der Waals surface area contributed by atoms with Gasteiger partial charge in [-0.3, -0.25) is 0 Å². The van der Waals surface area contributed by atoms with Crippen molar-refractivity contribution in [3.05, 3.63) is 52.2 Å². The van der Waals surface area contributed by atoms with E-state index in [2.05, 4.69) is 4.72 Å². The van der Waals surface area contributed by atoms with Gasteiger partial charge >= 0.3 is 0 Å². The summed E-state index contributed by atoms with van der Waals surface area (Å²) in [4.78, 5) is 0.281. The minimum Gasteiger partial charge on any atom is -0.330 e. The molecule has 0 amide bonds. The Hall–Kier alpha value is -1.21. The highest BCUT2D eigenvalue weighted by Gasteiger charge is 2.13. The van der Waals surface area contributed by atoms with Crippen molar-refractivity contribution in [2.45, 2.75) is 17.9 Å². The van der Waals surface area contributed by atoms with Crippen LogP contribution in [-0.2, 0) is 23.0 Å². The van der Waals surface area contributed by atoms with Gasteiger partial charge in [0.1, 0.15) is 0 Å². The molecule has 0 aliphatic rings. The number of hydrogen-bond donors (Lipinski definition) is 2. The normalized spacial score (nSPS) is 11.6. The average molecular weight is 296 g/mol. The lowest BCUT2D eigenvalue weighted by Gasteiger charge is -2.06.